The number of carbonyl (C=O) groups is 1. The Kier molecular flexibility index (Phi) is 10.4. The summed E-state index contributed by atoms with van der Waals surface area (Å²) in [6, 6.07) is 0. The van der Waals surface area contributed by atoms with Crippen LogP contribution in [0.5, 0.6) is 0 Å². The van der Waals surface area contributed by atoms with Gasteiger partial charge in [-0.1, -0.05) is 47.0 Å². The highest BCUT2D eigenvalue weighted by Crippen LogP contribution is 2.42. The average molecular weight is 501 g/mol. The number of unbranched alkanes of at least 4 members (excludes halogenated alkanes) is 2. The molecule has 2 rings (SSSR count). The molecular formula is C27H52O6Si. The summed E-state index contributed by atoms with van der Waals surface area (Å²) < 4.78 is 32.2. The van der Waals surface area contributed by atoms with Crippen molar-refractivity contribution in [2.45, 2.75) is 154 Å². The minimum Gasteiger partial charge on any atom is -0.413 e. The van der Waals surface area contributed by atoms with E-state index in [1.54, 1.807) is 0 Å². The molecule has 5 atom stereocenters. The Morgan fingerprint density at radius 3 is 2.26 bits per heavy atom. The Balaban J connectivity index is 2.31. The molecule has 2 saturated heterocycles. The molecule has 0 bridgehead atoms. The number of ether oxygens (including phenoxy) is 4. The first kappa shape index (κ1) is 29.9. The molecule has 0 aliphatic carbocycles. The fraction of sp³-hybridized carbons (Fsp3) is 0.963. The van der Waals surface area contributed by atoms with Crippen molar-refractivity contribution in [1.82, 2.24) is 0 Å². The summed E-state index contributed by atoms with van der Waals surface area (Å²) >= 11 is 0. The van der Waals surface area contributed by atoms with Crippen LogP contribution in [0.3, 0.4) is 0 Å². The van der Waals surface area contributed by atoms with Gasteiger partial charge in [0.15, 0.2) is 19.9 Å². The summed E-state index contributed by atoms with van der Waals surface area (Å²) in [5.41, 5.74) is 0. The molecule has 2 aliphatic heterocycles. The standard InChI is InChI=1S/C27H52O6Si/c1-11-12-13-14-23-22(19-29-26(5,6)32-23)24(33-34(9,10)25(2,3)4)18-21-17-20(15-16-28)30-27(7,8)31-21/h16,20-24H,11-15,17-19H2,1-10H3/t20-,21-,22+,23+,24-/m0/s1. The Hall–Kier alpha value is -0.313. The lowest BCUT2D eigenvalue weighted by atomic mass is 9.87. The quantitative estimate of drug-likeness (QED) is 0.181. The van der Waals surface area contributed by atoms with Gasteiger partial charge in [0.05, 0.1) is 31.0 Å². The molecule has 34 heavy (non-hydrogen) atoms. The van der Waals surface area contributed by atoms with Crippen molar-refractivity contribution in [3.8, 4) is 0 Å². The summed E-state index contributed by atoms with van der Waals surface area (Å²) in [4.78, 5) is 11.2. The highest BCUT2D eigenvalue weighted by Gasteiger charge is 2.47. The molecule has 0 aromatic carbocycles. The van der Waals surface area contributed by atoms with E-state index in [9.17, 15) is 4.79 Å². The third-order valence-electron chi connectivity index (χ3n) is 7.64. The molecule has 0 amide bonds. The Labute approximate surface area is 209 Å². The van der Waals surface area contributed by atoms with Gasteiger partial charge in [-0.25, -0.2) is 0 Å². The Morgan fingerprint density at radius 2 is 1.68 bits per heavy atom. The van der Waals surface area contributed by atoms with E-state index in [1.807, 2.05) is 27.7 Å². The van der Waals surface area contributed by atoms with Gasteiger partial charge in [-0.05, 0) is 58.7 Å². The summed E-state index contributed by atoms with van der Waals surface area (Å²) in [7, 11) is -2.06. The van der Waals surface area contributed by atoms with Gasteiger partial charge in [0.1, 0.15) is 6.29 Å². The molecule has 0 spiro atoms. The van der Waals surface area contributed by atoms with E-state index in [0.717, 1.165) is 25.5 Å². The van der Waals surface area contributed by atoms with Gasteiger partial charge in [0.2, 0.25) is 0 Å². The zero-order valence-corrected chi connectivity index (χ0v) is 24.6. The van der Waals surface area contributed by atoms with E-state index in [4.69, 9.17) is 23.4 Å². The summed E-state index contributed by atoms with van der Waals surface area (Å²) in [6.45, 7) is 22.2. The fourth-order valence-electron chi connectivity index (χ4n) is 4.85. The lowest BCUT2D eigenvalue weighted by Crippen LogP contribution is -2.55. The SMILES string of the molecule is CCCCC[C@H]1OC(C)(C)OC[C@H]1[C@H](C[C@@H]1C[C@H](CC=O)OC(C)(C)O1)O[Si](C)(C)C(C)(C)C. The molecule has 0 radical (unpaired) electrons. The number of aldehydes is 1. The van der Waals surface area contributed by atoms with Crippen LogP contribution in [0, 0.1) is 5.92 Å². The molecule has 6 nitrogen and oxygen atoms in total. The van der Waals surface area contributed by atoms with E-state index in [2.05, 4.69) is 40.8 Å². The van der Waals surface area contributed by atoms with Crippen LogP contribution >= 0.6 is 0 Å². The van der Waals surface area contributed by atoms with Crippen molar-refractivity contribution >= 4 is 14.6 Å². The zero-order chi connectivity index (χ0) is 25.8. The lowest BCUT2D eigenvalue weighted by Gasteiger charge is -2.49. The maximum atomic E-state index is 11.2. The van der Waals surface area contributed by atoms with Gasteiger partial charge in [-0.2, -0.15) is 0 Å². The first-order valence-corrected chi connectivity index (χ1v) is 16.3. The maximum Gasteiger partial charge on any atom is 0.192 e. The highest BCUT2D eigenvalue weighted by atomic mass is 28.4. The van der Waals surface area contributed by atoms with E-state index >= 15 is 0 Å². The minimum absolute atomic E-state index is 0.0422. The summed E-state index contributed by atoms with van der Waals surface area (Å²) in [5, 5.41) is 0.0917. The fourth-order valence-corrected chi connectivity index (χ4v) is 6.23. The molecule has 2 fully saturated rings. The topological polar surface area (TPSA) is 63.2 Å². The highest BCUT2D eigenvalue weighted by molar-refractivity contribution is 6.74. The molecule has 0 N–H and O–H groups in total. The van der Waals surface area contributed by atoms with Crippen molar-refractivity contribution in [2.75, 3.05) is 6.61 Å². The van der Waals surface area contributed by atoms with Gasteiger partial charge >= 0.3 is 0 Å². The first-order valence-electron chi connectivity index (χ1n) is 13.4. The van der Waals surface area contributed by atoms with Gasteiger partial charge in [0.25, 0.3) is 0 Å². The van der Waals surface area contributed by atoms with Crippen molar-refractivity contribution in [3.05, 3.63) is 0 Å². The largest absolute Gasteiger partial charge is 0.413 e. The molecule has 0 unspecified atom stereocenters. The molecular weight excluding hydrogens is 448 g/mol. The number of hydrogen-bond donors (Lipinski definition) is 0. The predicted octanol–water partition coefficient (Wildman–Crippen LogP) is 6.61. The number of carbonyl (C=O) groups excluding carboxylic acids is 1. The van der Waals surface area contributed by atoms with Crippen molar-refractivity contribution in [3.63, 3.8) is 0 Å². The third kappa shape index (κ3) is 8.66. The molecule has 2 aliphatic rings. The van der Waals surface area contributed by atoms with E-state index in [-0.39, 0.29) is 35.4 Å². The van der Waals surface area contributed by atoms with Gasteiger partial charge in [-0.15, -0.1) is 0 Å². The van der Waals surface area contributed by atoms with Gasteiger partial charge in [-0.3, -0.25) is 0 Å². The van der Waals surface area contributed by atoms with Crippen molar-refractivity contribution in [2.24, 2.45) is 5.92 Å². The van der Waals surface area contributed by atoms with E-state index in [1.165, 1.54) is 12.8 Å². The van der Waals surface area contributed by atoms with Crippen LogP contribution < -0.4 is 0 Å². The van der Waals surface area contributed by atoms with Gasteiger partial charge in [0, 0.05) is 18.8 Å². The molecule has 7 heteroatoms. The van der Waals surface area contributed by atoms with E-state index in [0.29, 0.717) is 19.4 Å². The first-order chi connectivity index (χ1) is 15.6. The average Bonchev–Trinajstić information content (AvgIpc) is 2.65. The van der Waals surface area contributed by atoms with E-state index < -0.39 is 19.9 Å². The minimum atomic E-state index is -2.06. The van der Waals surface area contributed by atoms with Crippen molar-refractivity contribution < 1.29 is 28.2 Å². The number of rotatable bonds is 11. The third-order valence-corrected chi connectivity index (χ3v) is 12.1. The summed E-state index contributed by atoms with van der Waals surface area (Å²) in [5.74, 6) is -1.17. The second-order valence-electron chi connectivity index (χ2n) is 12.7. The number of hydrogen-bond acceptors (Lipinski definition) is 6. The van der Waals surface area contributed by atoms with Crippen LogP contribution in [0.25, 0.3) is 0 Å². The zero-order valence-electron chi connectivity index (χ0n) is 23.6. The normalized spacial score (nSPS) is 30.6. The predicted molar refractivity (Wildman–Crippen MR) is 138 cm³/mol. The molecule has 0 aromatic rings. The second kappa shape index (κ2) is 11.8. The molecule has 0 saturated carbocycles. The smallest absolute Gasteiger partial charge is 0.192 e. The van der Waals surface area contributed by atoms with Crippen LogP contribution in [0.2, 0.25) is 18.1 Å². The Bertz CT molecular complexity index is 642. The van der Waals surface area contributed by atoms with Crippen LogP contribution in [-0.2, 0) is 28.2 Å². The van der Waals surface area contributed by atoms with Crippen molar-refractivity contribution in [1.29, 1.82) is 0 Å². The lowest BCUT2D eigenvalue weighted by molar-refractivity contribution is -0.314. The summed E-state index contributed by atoms with van der Waals surface area (Å²) in [6.07, 6.45) is 7.19. The second-order valence-corrected chi connectivity index (χ2v) is 17.5. The van der Waals surface area contributed by atoms with Gasteiger partial charge < -0.3 is 28.2 Å². The Morgan fingerprint density at radius 1 is 1.03 bits per heavy atom. The molecule has 0 aromatic heterocycles. The van der Waals surface area contributed by atoms with Crippen LogP contribution in [0.15, 0.2) is 0 Å². The maximum absolute atomic E-state index is 11.2. The van der Waals surface area contributed by atoms with Crippen LogP contribution in [-0.4, -0.2) is 57.2 Å². The molecule has 2 heterocycles. The van der Waals surface area contributed by atoms with Crippen LogP contribution in [0.4, 0.5) is 0 Å². The molecule has 200 valence electrons. The monoisotopic (exact) mass is 500 g/mol. The van der Waals surface area contributed by atoms with Crippen LogP contribution in [0.1, 0.15) is 100 Å².